The Hall–Kier alpha value is -1.72. The van der Waals surface area contributed by atoms with E-state index in [9.17, 15) is 0 Å². The minimum absolute atomic E-state index is 0.234. The first-order valence-electron chi connectivity index (χ1n) is 11.4. The molecule has 0 aromatic heterocycles. The minimum atomic E-state index is 0.234. The van der Waals surface area contributed by atoms with Crippen LogP contribution >= 0.6 is 31.9 Å². The molecule has 1 saturated heterocycles. The molecule has 2 aromatic rings. The Balaban J connectivity index is 1.41. The van der Waals surface area contributed by atoms with Gasteiger partial charge in [-0.15, -0.1) is 0 Å². The first-order chi connectivity index (χ1) is 15.7. The highest BCUT2D eigenvalue weighted by Crippen LogP contribution is 2.34. The molecular formula is C28H28Br2N2. The predicted molar refractivity (Wildman–Crippen MR) is 142 cm³/mol. The molecule has 1 heterocycles. The fraction of sp³-hybridized carbons (Fsp3) is 0.286. The minimum Gasteiger partial charge on any atom is -0.294 e. The molecule has 2 nitrogen and oxygen atoms in total. The van der Waals surface area contributed by atoms with Gasteiger partial charge in [0.15, 0.2) is 0 Å². The van der Waals surface area contributed by atoms with E-state index in [1.165, 1.54) is 26.7 Å². The summed E-state index contributed by atoms with van der Waals surface area (Å²) in [5, 5.41) is 7.84. The van der Waals surface area contributed by atoms with E-state index < -0.39 is 0 Å². The number of benzene rings is 2. The third-order valence-corrected chi connectivity index (χ3v) is 7.72. The molecule has 0 saturated carbocycles. The standard InChI is InChI=1S/C28H28Br2N2/c29-24-15-23(16-25(30)17-24)27-18-26(31-28(32-27)22-9-5-2-6-10-22)21-13-11-20(12-14-21)19-7-3-1-4-8-19/h1-9,11-16,22,24,26-28,31-32H,10,17-18H2/t22-,24-,26-,27?,28?/m1/s1. The van der Waals surface area contributed by atoms with E-state index in [-0.39, 0.29) is 6.17 Å². The van der Waals surface area contributed by atoms with Crippen molar-refractivity contribution >= 4 is 31.9 Å². The zero-order valence-corrected chi connectivity index (χ0v) is 21.1. The molecule has 2 aromatic carbocycles. The zero-order chi connectivity index (χ0) is 21.9. The van der Waals surface area contributed by atoms with Gasteiger partial charge in [-0.25, -0.2) is 0 Å². The van der Waals surface area contributed by atoms with E-state index in [4.69, 9.17) is 0 Å². The summed E-state index contributed by atoms with van der Waals surface area (Å²) in [4.78, 5) is 0.383. The Morgan fingerprint density at radius 3 is 2.31 bits per heavy atom. The van der Waals surface area contributed by atoms with Gasteiger partial charge in [0.05, 0.1) is 6.17 Å². The topological polar surface area (TPSA) is 24.1 Å². The number of allylic oxidation sites excluding steroid dienone is 5. The summed E-state index contributed by atoms with van der Waals surface area (Å²) in [6.07, 6.45) is 16.9. The van der Waals surface area contributed by atoms with Crippen molar-refractivity contribution in [1.29, 1.82) is 0 Å². The summed E-state index contributed by atoms with van der Waals surface area (Å²) in [7, 11) is 0. The van der Waals surface area contributed by atoms with Crippen LogP contribution in [0.5, 0.6) is 0 Å². The zero-order valence-electron chi connectivity index (χ0n) is 17.9. The third kappa shape index (κ3) is 5.09. The van der Waals surface area contributed by atoms with Crippen LogP contribution in [0.4, 0.5) is 0 Å². The summed E-state index contributed by atoms with van der Waals surface area (Å²) in [5.41, 5.74) is 5.25. The first-order valence-corrected chi connectivity index (χ1v) is 13.1. The van der Waals surface area contributed by atoms with Crippen LogP contribution in [-0.2, 0) is 0 Å². The molecule has 1 aliphatic heterocycles. The fourth-order valence-electron chi connectivity index (χ4n) is 4.91. The lowest BCUT2D eigenvalue weighted by atomic mass is 9.86. The Labute approximate surface area is 207 Å². The van der Waals surface area contributed by atoms with Crippen molar-refractivity contribution in [2.24, 2.45) is 5.92 Å². The van der Waals surface area contributed by atoms with Gasteiger partial charge in [0.25, 0.3) is 0 Å². The van der Waals surface area contributed by atoms with E-state index in [2.05, 4.69) is 134 Å². The summed E-state index contributed by atoms with van der Waals surface area (Å²) < 4.78 is 1.26. The Bertz CT molecular complexity index is 1050. The molecule has 4 heteroatoms. The van der Waals surface area contributed by atoms with Gasteiger partial charge in [-0.05, 0) is 52.1 Å². The average Bonchev–Trinajstić information content (AvgIpc) is 2.84. The Kier molecular flexibility index (Phi) is 6.94. The molecule has 2 N–H and O–H groups in total. The SMILES string of the molecule is BrC1=CC(C2C[C@H](c3ccc(-c4ccccc4)cc3)NC([C@@H]3C=CC=CC3)N2)=C[C@@H](Br)C1. The second kappa shape index (κ2) is 10.0. The second-order valence-electron chi connectivity index (χ2n) is 8.83. The molecule has 2 unspecified atom stereocenters. The van der Waals surface area contributed by atoms with Crippen molar-refractivity contribution in [2.45, 2.75) is 42.3 Å². The molecule has 5 rings (SSSR count). The number of hydrogen-bond donors (Lipinski definition) is 2. The molecule has 164 valence electrons. The number of halogens is 2. The van der Waals surface area contributed by atoms with Crippen LogP contribution in [-0.4, -0.2) is 17.0 Å². The van der Waals surface area contributed by atoms with E-state index in [1.807, 2.05) is 0 Å². The lowest BCUT2D eigenvalue weighted by Gasteiger charge is -2.42. The van der Waals surface area contributed by atoms with E-state index in [1.54, 1.807) is 0 Å². The molecule has 0 amide bonds. The molecular weight excluding hydrogens is 524 g/mol. The van der Waals surface area contributed by atoms with Crippen molar-refractivity contribution in [2.75, 3.05) is 0 Å². The largest absolute Gasteiger partial charge is 0.294 e. The molecule has 32 heavy (non-hydrogen) atoms. The van der Waals surface area contributed by atoms with Gasteiger partial charge < -0.3 is 0 Å². The molecule has 3 aliphatic rings. The van der Waals surface area contributed by atoms with Crippen molar-refractivity contribution in [3.63, 3.8) is 0 Å². The van der Waals surface area contributed by atoms with Gasteiger partial charge in [0.2, 0.25) is 0 Å². The van der Waals surface area contributed by atoms with Crippen LogP contribution in [0.1, 0.15) is 30.9 Å². The van der Waals surface area contributed by atoms with E-state index in [0.717, 1.165) is 19.3 Å². The average molecular weight is 552 g/mol. The van der Waals surface area contributed by atoms with Gasteiger partial charge in [-0.1, -0.05) is 117 Å². The molecule has 0 radical (unpaired) electrons. The van der Waals surface area contributed by atoms with Crippen molar-refractivity contribution in [3.8, 4) is 11.1 Å². The Morgan fingerprint density at radius 1 is 0.844 bits per heavy atom. The van der Waals surface area contributed by atoms with Gasteiger partial charge in [0, 0.05) is 22.8 Å². The number of alkyl halides is 1. The van der Waals surface area contributed by atoms with E-state index >= 15 is 0 Å². The number of hydrogen-bond acceptors (Lipinski definition) is 2. The highest BCUT2D eigenvalue weighted by molar-refractivity contribution is 9.12. The first kappa shape index (κ1) is 22.1. The van der Waals surface area contributed by atoms with Crippen molar-refractivity contribution in [1.82, 2.24) is 10.6 Å². The smallest absolute Gasteiger partial charge is 0.0648 e. The van der Waals surface area contributed by atoms with Gasteiger partial charge in [-0.2, -0.15) is 0 Å². The van der Waals surface area contributed by atoms with Crippen LogP contribution in [0, 0.1) is 5.92 Å². The lowest BCUT2D eigenvalue weighted by molar-refractivity contribution is 0.221. The van der Waals surface area contributed by atoms with Gasteiger partial charge in [-0.3, -0.25) is 10.6 Å². The molecule has 5 atom stereocenters. The van der Waals surface area contributed by atoms with Crippen molar-refractivity contribution < 1.29 is 0 Å². The van der Waals surface area contributed by atoms with Crippen LogP contribution in [0.3, 0.4) is 0 Å². The number of rotatable bonds is 4. The Morgan fingerprint density at radius 2 is 1.59 bits per heavy atom. The summed E-state index contributed by atoms with van der Waals surface area (Å²) >= 11 is 7.55. The third-order valence-electron chi connectivity index (χ3n) is 6.58. The maximum absolute atomic E-state index is 3.92. The lowest BCUT2D eigenvalue weighted by Crippen LogP contribution is -2.58. The maximum Gasteiger partial charge on any atom is 0.0648 e. The highest BCUT2D eigenvalue weighted by atomic mass is 79.9. The summed E-state index contributed by atoms with van der Waals surface area (Å²) in [6, 6.07) is 20.3. The number of nitrogens with one attached hydrogen (secondary N) is 2. The second-order valence-corrected chi connectivity index (χ2v) is 11.0. The summed E-state index contributed by atoms with van der Waals surface area (Å²) in [5.74, 6) is 0.449. The van der Waals surface area contributed by atoms with Gasteiger partial charge in [0.1, 0.15) is 0 Å². The van der Waals surface area contributed by atoms with Crippen LogP contribution in [0.25, 0.3) is 11.1 Å². The maximum atomic E-state index is 3.92. The predicted octanol–water partition coefficient (Wildman–Crippen LogP) is 7.18. The normalized spacial score (nSPS) is 30.0. The monoisotopic (exact) mass is 550 g/mol. The van der Waals surface area contributed by atoms with Crippen LogP contribution in [0.2, 0.25) is 0 Å². The highest BCUT2D eigenvalue weighted by Gasteiger charge is 2.34. The fourth-order valence-corrected chi connectivity index (χ4v) is 6.61. The molecule has 0 spiro atoms. The molecule has 1 fully saturated rings. The van der Waals surface area contributed by atoms with E-state index in [0.29, 0.717) is 22.8 Å². The van der Waals surface area contributed by atoms with Crippen molar-refractivity contribution in [3.05, 3.63) is 107 Å². The van der Waals surface area contributed by atoms with Gasteiger partial charge >= 0.3 is 0 Å². The van der Waals surface area contributed by atoms with Crippen LogP contribution in [0.15, 0.2) is 101 Å². The summed E-state index contributed by atoms with van der Waals surface area (Å²) in [6.45, 7) is 0. The molecule has 0 bridgehead atoms. The molecule has 2 aliphatic carbocycles. The van der Waals surface area contributed by atoms with Crippen LogP contribution < -0.4 is 10.6 Å². The quantitative estimate of drug-likeness (QED) is 0.393.